The third-order valence-corrected chi connectivity index (χ3v) is 1.21. The number of hydrogen-bond donors (Lipinski definition) is 1. The molecular formula is C7H17N2+. The summed E-state index contributed by atoms with van der Waals surface area (Å²) in [6.45, 7) is 10.1. The van der Waals surface area contributed by atoms with E-state index in [4.69, 9.17) is 0 Å². The summed E-state index contributed by atoms with van der Waals surface area (Å²) < 4.78 is 0. The zero-order valence-corrected chi connectivity index (χ0v) is 6.48. The van der Waals surface area contributed by atoms with Crippen molar-refractivity contribution < 1.29 is 5.10 Å². The zero-order chi connectivity index (χ0) is 7.11. The molecular weight excluding hydrogens is 112 g/mol. The summed E-state index contributed by atoms with van der Waals surface area (Å²) >= 11 is 0. The van der Waals surface area contributed by atoms with Crippen LogP contribution in [0.1, 0.15) is 26.7 Å². The molecule has 0 radical (unpaired) electrons. The molecule has 0 aromatic heterocycles. The van der Waals surface area contributed by atoms with Gasteiger partial charge in [0, 0.05) is 0 Å². The molecule has 2 heteroatoms. The SMILES string of the molecule is C=[NH+]N(CCC)CCC. The summed E-state index contributed by atoms with van der Waals surface area (Å²) in [5.41, 5.74) is 0. The van der Waals surface area contributed by atoms with Crippen molar-refractivity contribution in [1.29, 1.82) is 0 Å². The van der Waals surface area contributed by atoms with Crippen LogP contribution in [0.4, 0.5) is 0 Å². The minimum atomic E-state index is 1.09. The fraction of sp³-hybridized carbons (Fsp3) is 0.857. The first-order valence-corrected chi connectivity index (χ1v) is 3.62. The van der Waals surface area contributed by atoms with Gasteiger partial charge in [-0.1, -0.05) is 13.8 Å². The van der Waals surface area contributed by atoms with Gasteiger partial charge in [-0.25, -0.2) is 0 Å². The Morgan fingerprint density at radius 1 is 1.22 bits per heavy atom. The summed E-state index contributed by atoms with van der Waals surface area (Å²) in [7, 11) is 0. The van der Waals surface area contributed by atoms with Gasteiger partial charge in [-0.05, 0) is 12.8 Å². The number of hydrazone groups is 1. The van der Waals surface area contributed by atoms with Gasteiger partial charge in [-0.3, -0.25) is 0 Å². The van der Waals surface area contributed by atoms with Gasteiger partial charge in [0.1, 0.15) is 0 Å². The van der Waals surface area contributed by atoms with E-state index < -0.39 is 0 Å². The Labute approximate surface area is 57.6 Å². The lowest BCUT2D eigenvalue weighted by Gasteiger charge is -2.09. The van der Waals surface area contributed by atoms with Gasteiger partial charge >= 0.3 is 0 Å². The number of nitrogens with zero attached hydrogens (tertiary/aromatic N) is 1. The fourth-order valence-electron chi connectivity index (χ4n) is 0.810. The van der Waals surface area contributed by atoms with E-state index in [-0.39, 0.29) is 0 Å². The van der Waals surface area contributed by atoms with Crippen molar-refractivity contribution in [1.82, 2.24) is 5.01 Å². The molecule has 0 spiro atoms. The Hall–Kier alpha value is -0.530. The topological polar surface area (TPSA) is 17.2 Å². The summed E-state index contributed by atoms with van der Waals surface area (Å²) in [6, 6.07) is 0. The highest BCUT2D eigenvalue weighted by atomic mass is 15.4. The molecule has 0 unspecified atom stereocenters. The molecule has 0 aliphatic carbocycles. The highest BCUT2D eigenvalue weighted by Gasteiger charge is 1.98. The summed E-state index contributed by atoms with van der Waals surface area (Å²) in [4.78, 5) is 0. The number of nitrogens with one attached hydrogen (secondary N) is 1. The maximum atomic E-state index is 3.60. The minimum Gasteiger partial charge on any atom is -0.189 e. The molecule has 2 nitrogen and oxygen atoms in total. The molecule has 0 aromatic carbocycles. The molecule has 0 aromatic rings. The van der Waals surface area contributed by atoms with Crippen molar-refractivity contribution in [2.45, 2.75) is 26.7 Å². The van der Waals surface area contributed by atoms with Crippen LogP contribution >= 0.6 is 0 Å². The molecule has 0 aliphatic heterocycles. The third kappa shape index (κ3) is 4.01. The van der Waals surface area contributed by atoms with Crippen molar-refractivity contribution in [2.24, 2.45) is 0 Å². The van der Waals surface area contributed by atoms with Gasteiger partial charge in [-0.15, -0.1) is 5.10 Å². The summed E-state index contributed by atoms with van der Waals surface area (Å²) in [5, 5.41) is 5.01. The van der Waals surface area contributed by atoms with Crippen LogP contribution in [0.5, 0.6) is 0 Å². The van der Waals surface area contributed by atoms with E-state index in [1.807, 2.05) is 0 Å². The lowest BCUT2D eigenvalue weighted by Crippen LogP contribution is -2.79. The van der Waals surface area contributed by atoms with Crippen LogP contribution in [0, 0.1) is 0 Å². The molecule has 0 fully saturated rings. The Morgan fingerprint density at radius 3 is 1.89 bits per heavy atom. The largest absolute Gasteiger partial charge is 0.189 e. The Balaban J connectivity index is 3.29. The predicted octanol–water partition coefficient (Wildman–Crippen LogP) is -0.195. The first-order chi connectivity index (χ1) is 4.35. The van der Waals surface area contributed by atoms with E-state index in [0.29, 0.717) is 0 Å². The van der Waals surface area contributed by atoms with Crippen LogP contribution in [0.25, 0.3) is 0 Å². The number of hydrogen-bond acceptors (Lipinski definition) is 1. The number of rotatable bonds is 5. The van der Waals surface area contributed by atoms with E-state index >= 15 is 0 Å². The van der Waals surface area contributed by atoms with Crippen LogP contribution in [-0.2, 0) is 0 Å². The highest BCUT2D eigenvalue weighted by molar-refractivity contribution is 5.11. The van der Waals surface area contributed by atoms with Crippen LogP contribution in [0.15, 0.2) is 0 Å². The average Bonchev–Trinajstić information content (AvgIpc) is 1.88. The van der Waals surface area contributed by atoms with E-state index in [9.17, 15) is 0 Å². The van der Waals surface area contributed by atoms with Gasteiger partial charge < -0.3 is 0 Å². The molecule has 0 heterocycles. The van der Waals surface area contributed by atoms with Crippen molar-refractivity contribution in [3.63, 3.8) is 0 Å². The molecule has 54 valence electrons. The minimum absolute atomic E-state index is 1.09. The van der Waals surface area contributed by atoms with E-state index in [0.717, 1.165) is 13.1 Å². The maximum Gasteiger partial charge on any atom is 0.155 e. The van der Waals surface area contributed by atoms with Gasteiger partial charge in [0.05, 0.1) is 13.1 Å². The number of hydrazine groups is 1. The van der Waals surface area contributed by atoms with Crippen molar-refractivity contribution >= 4 is 6.72 Å². The lowest BCUT2D eigenvalue weighted by atomic mass is 10.4. The molecule has 0 amide bonds. The standard InChI is InChI=1S/C7H16N2/c1-4-6-9(8-3)7-5-2/h3-7H2,1-2H3/p+1. The summed E-state index contributed by atoms with van der Waals surface area (Å²) in [6.07, 6.45) is 2.37. The van der Waals surface area contributed by atoms with E-state index in [1.165, 1.54) is 12.8 Å². The Morgan fingerprint density at radius 2 is 1.67 bits per heavy atom. The van der Waals surface area contributed by atoms with Crippen molar-refractivity contribution in [3.05, 3.63) is 0 Å². The molecule has 0 saturated carbocycles. The smallest absolute Gasteiger partial charge is 0.155 e. The van der Waals surface area contributed by atoms with Crippen LogP contribution in [-0.4, -0.2) is 24.8 Å². The van der Waals surface area contributed by atoms with Gasteiger partial charge in [0.25, 0.3) is 0 Å². The normalized spacial score (nSPS) is 9.11. The zero-order valence-electron chi connectivity index (χ0n) is 6.48. The van der Waals surface area contributed by atoms with E-state index in [1.54, 1.807) is 0 Å². The van der Waals surface area contributed by atoms with Gasteiger partial charge in [0.15, 0.2) is 6.72 Å². The first-order valence-electron chi connectivity index (χ1n) is 3.62. The average molecular weight is 129 g/mol. The second-order valence-corrected chi connectivity index (χ2v) is 2.15. The lowest BCUT2D eigenvalue weighted by molar-refractivity contribution is -0.638. The van der Waals surface area contributed by atoms with Gasteiger partial charge in [0.2, 0.25) is 0 Å². The second-order valence-electron chi connectivity index (χ2n) is 2.15. The highest BCUT2D eigenvalue weighted by Crippen LogP contribution is 1.82. The first kappa shape index (κ1) is 8.47. The van der Waals surface area contributed by atoms with Crippen LogP contribution in [0.2, 0.25) is 0 Å². The van der Waals surface area contributed by atoms with Crippen molar-refractivity contribution in [2.75, 3.05) is 13.1 Å². The monoisotopic (exact) mass is 129 g/mol. The quantitative estimate of drug-likeness (QED) is 0.402. The molecule has 9 heavy (non-hydrogen) atoms. The molecule has 0 atom stereocenters. The molecule has 0 aliphatic rings. The molecule has 1 N–H and O–H groups in total. The predicted molar refractivity (Wildman–Crippen MR) is 40.2 cm³/mol. The second kappa shape index (κ2) is 5.60. The van der Waals surface area contributed by atoms with Crippen molar-refractivity contribution in [3.8, 4) is 0 Å². The molecule has 0 saturated heterocycles. The molecule has 0 rings (SSSR count). The Kier molecular flexibility index (Phi) is 5.27. The fourth-order valence-corrected chi connectivity index (χ4v) is 0.810. The third-order valence-electron chi connectivity index (χ3n) is 1.21. The van der Waals surface area contributed by atoms with Gasteiger partial charge in [-0.2, -0.15) is 5.01 Å². The van der Waals surface area contributed by atoms with Crippen LogP contribution < -0.4 is 5.10 Å². The van der Waals surface area contributed by atoms with E-state index in [2.05, 4.69) is 30.7 Å². The maximum absolute atomic E-state index is 3.60. The Bertz CT molecular complexity index is 65.3. The van der Waals surface area contributed by atoms with Crippen LogP contribution in [0.3, 0.4) is 0 Å². The summed E-state index contributed by atoms with van der Waals surface area (Å²) in [5.74, 6) is 0. The molecule has 0 bridgehead atoms.